The minimum Gasteiger partial charge on any atom is -0.444 e. The third-order valence-corrected chi connectivity index (χ3v) is 2.45. The molecule has 1 aliphatic rings. The second-order valence-electron chi connectivity index (χ2n) is 5.10. The molecule has 1 amide bonds. The summed E-state index contributed by atoms with van der Waals surface area (Å²) in [5.74, 6) is 0. The maximum atomic E-state index is 11.8. The molecule has 0 aromatic heterocycles. The Morgan fingerprint density at radius 1 is 1.31 bits per heavy atom. The van der Waals surface area contributed by atoms with Gasteiger partial charge in [-0.2, -0.15) is 5.06 Å². The topological polar surface area (TPSA) is 42.0 Å². The Labute approximate surface area is 97.2 Å². The lowest BCUT2D eigenvalue weighted by molar-refractivity contribution is -0.178. The average Bonchev–Trinajstić information content (AvgIpc) is 2.15. The minimum absolute atomic E-state index is 0.200. The molecule has 0 N–H and O–H groups in total. The van der Waals surface area contributed by atoms with Crippen LogP contribution in [0.2, 0.25) is 0 Å². The predicted octanol–water partition coefficient (Wildman–Crippen LogP) is 1.49. The van der Waals surface area contributed by atoms with Crippen LogP contribution >= 0.6 is 0 Å². The van der Waals surface area contributed by atoms with Crippen molar-refractivity contribution < 1.29 is 14.4 Å². The molecule has 16 heavy (non-hydrogen) atoms. The van der Waals surface area contributed by atoms with Crippen LogP contribution in [0.1, 0.15) is 27.7 Å². The van der Waals surface area contributed by atoms with E-state index in [-0.39, 0.29) is 12.1 Å². The van der Waals surface area contributed by atoms with E-state index in [9.17, 15) is 4.79 Å². The van der Waals surface area contributed by atoms with Crippen molar-refractivity contribution >= 4 is 6.09 Å². The highest BCUT2D eigenvalue weighted by atomic mass is 16.7. The van der Waals surface area contributed by atoms with Crippen molar-refractivity contribution in [3.8, 4) is 0 Å². The highest BCUT2D eigenvalue weighted by molar-refractivity contribution is 5.68. The van der Waals surface area contributed by atoms with Gasteiger partial charge in [-0.15, -0.1) is 0 Å². The van der Waals surface area contributed by atoms with Gasteiger partial charge in [0.2, 0.25) is 0 Å². The van der Waals surface area contributed by atoms with E-state index in [1.807, 2.05) is 32.8 Å². The van der Waals surface area contributed by atoms with Crippen LogP contribution < -0.4 is 0 Å². The molecule has 0 spiro atoms. The molecule has 1 fully saturated rings. The molecule has 0 bridgehead atoms. The molecule has 1 atom stereocenters. The summed E-state index contributed by atoms with van der Waals surface area (Å²) in [5, 5.41) is 1.88. The molecule has 1 heterocycles. The minimum atomic E-state index is -0.432. The summed E-state index contributed by atoms with van der Waals surface area (Å²) in [6.07, 6.45) is -0.241. The fraction of sp³-hybridized carbons (Fsp3) is 0.909. The summed E-state index contributed by atoms with van der Waals surface area (Å²) < 4.78 is 5.32. The lowest BCUT2D eigenvalue weighted by Gasteiger charge is -2.38. The number of hydroxylamine groups is 2. The summed E-state index contributed by atoms with van der Waals surface area (Å²) in [4.78, 5) is 18.7. The Bertz CT molecular complexity index is 250. The summed E-state index contributed by atoms with van der Waals surface area (Å²) in [6.45, 7) is 9.66. The highest BCUT2D eigenvalue weighted by Gasteiger charge is 2.29. The molecule has 0 aromatic rings. The zero-order valence-electron chi connectivity index (χ0n) is 10.8. The molecular weight excluding hydrogens is 208 g/mol. The number of hydrogen-bond donors (Lipinski definition) is 0. The Kier molecular flexibility index (Phi) is 4.15. The van der Waals surface area contributed by atoms with Gasteiger partial charge in [0.25, 0.3) is 0 Å². The number of carbonyl (C=O) groups excluding carboxylic acids is 1. The van der Waals surface area contributed by atoms with Crippen LogP contribution in [0, 0.1) is 0 Å². The van der Waals surface area contributed by atoms with E-state index < -0.39 is 5.60 Å². The van der Waals surface area contributed by atoms with E-state index >= 15 is 0 Å². The standard InChI is InChI=1S/C11H22N2O3/c1-9-8-12(6-7-13(9)15-5)10(14)16-11(2,3)4/h9H,6-8H2,1-5H3/t9-/m0/s1. The summed E-state index contributed by atoms with van der Waals surface area (Å²) in [7, 11) is 1.65. The summed E-state index contributed by atoms with van der Waals surface area (Å²) in [6, 6.07) is 0.200. The Hall–Kier alpha value is -0.810. The first-order valence-electron chi connectivity index (χ1n) is 5.62. The van der Waals surface area contributed by atoms with Gasteiger partial charge < -0.3 is 14.5 Å². The molecule has 94 valence electrons. The maximum Gasteiger partial charge on any atom is 0.410 e. The quantitative estimate of drug-likeness (QED) is 0.684. The number of amides is 1. The van der Waals surface area contributed by atoms with Crippen molar-refractivity contribution in [3.63, 3.8) is 0 Å². The monoisotopic (exact) mass is 230 g/mol. The number of rotatable bonds is 1. The van der Waals surface area contributed by atoms with E-state index in [1.165, 1.54) is 0 Å². The highest BCUT2D eigenvalue weighted by Crippen LogP contribution is 2.14. The largest absolute Gasteiger partial charge is 0.444 e. The summed E-state index contributed by atoms with van der Waals surface area (Å²) >= 11 is 0. The first kappa shape index (κ1) is 13.3. The lowest BCUT2D eigenvalue weighted by Crippen LogP contribution is -2.53. The van der Waals surface area contributed by atoms with E-state index in [0.29, 0.717) is 13.1 Å². The molecular formula is C11H22N2O3. The van der Waals surface area contributed by atoms with Crippen molar-refractivity contribution in [1.29, 1.82) is 0 Å². The van der Waals surface area contributed by atoms with Crippen molar-refractivity contribution in [2.75, 3.05) is 26.7 Å². The third-order valence-electron chi connectivity index (χ3n) is 2.45. The smallest absolute Gasteiger partial charge is 0.410 e. The van der Waals surface area contributed by atoms with Crippen LogP contribution in [0.25, 0.3) is 0 Å². The molecule has 1 saturated heterocycles. The molecule has 0 aromatic carbocycles. The number of nitrogens with zero attached hydrogens (tertiary/aromatic N) is 2. The first-order chi connectivity index (χ1) is 7.33. The van der Waals surface area contributed by atoms with Gasteiger partial charge in [-0.1, -0.05) is 0 Å². The van der Waals surface area contributed by atoms with Gasteiger partial charge in [-0.3, -0.25) is 0 Å². The molecule has 0 aliphatic carbocycles. The van der Waals surface area contributed by atoms with Gasteiger partial charge in [-0.05, 0) is 27.7 Å². The Morgan fingerprint density at radius 2 is 1.94 bits per heavy atom. The van der Waals surface area contributed by atoms with Crippen LogP contribution in [0.3, 0.4) is 0 Å². The van der Waals surface area contributed by atoms with Crippen molar-refractivity contribution in [3.05, 3.63) is 0 Å². The second kappa shape index (κ2) is 5.01. The fourth-order valence-corrected chi connectivity index (χ4v) is 1.70. The van der Waals surface area contributed by atoms with Gasteiger partial charge in [0.15, 0.2) is 0 Å². The Balaban J connectivity index is 2.48. The van der Waals surface area contributed by atoms with Crippen LogP contribution in [0.5, 0.6) is 0 Å². The van der Waals surface area contributed by atoms with Gasteiger partial charge in [0, 0.05) is 19.6 Å². The molecule has 5 heteroatoms. The van der Waals surface area contributed by atoms with Crippen LogP contribution in [0.15, 0.2) is 0 Å². The molecule has 1 aliphatic heterocycles. The number of carbonyl (C=O) groups is 1. The van der Waals surface area contributed by atoms with Crippen LogP contribution in [-0.4, -0.2) is 54.4 Å². The van der Waals surface area contributed by atoms with Gasteiger partial charge in [0.1, 0.15) is 5.60 Å². The SMILES string of the molecule is CON1CCN(C(=O)OC(C)(C)C)C[C@@H]1C. The van der Waals surface area contributed by atoms with E-state index in [2.05, 4.69) is 0 Å². The van der Waals surface area contributed by atoms with Crippen LogP contribution in [-0.2, 0) is 9.57 Å². The lowest BCUT2D eigenvalue weighted by atomic mass is 10.2. The predicted molar refractivity (Wildman–Crippen MR) is 61.0 cm³/mol. The van der Waals surface area contributed by atoms with Gasteiger partial charge in [0.05, 0.1) is 13.2 Å². The molecule has 0 saturated carbocycles. The molecule has 0 radical (unpaired) electrons. The van der Waals surface area contributed by atoms with Crippen molar-refractivity contribution in [2.45, 2.75) is 39.3 Å². The van der Waals surface area contributed by atoms with Gasteiger partial charge in [-0.25, -0.2) is 4.79 Å². The second-order valence-corrected chi connectivity index (χ2v) is 5.10. The van der Waals surface area contributed by atoms with E-state index in [1.54, 1.807) is 12.0 Å². The molecule has 1 rings (SSSR count). The van der Waals surface area contributed by atoms with Crippen molar-refractivity contribution in [2.24, 2.45) is 0 Å². The van der Waals surface area contributed by atoms with E-state index in [0.717, 1.165) is 6.54 Å². The van der Waals surface area contributed by atoms with Crippen LogP contribution in [0.4, 0.5) is 4.79 Å². The Morgan fingerprint density at radius 3 is 2.38 bits per heavy atom. The average molecular weight is 230 g/mol. The number of ether oxygens (including phenoxy) is 1. The fourth-order valence-electron chi connectivity index (χ4n) is 1.70. The number of piperazine rings is 1. The van der Waals surface area contributed by atoms with Crippen molar-refractivity contribution in [1.82, 2.24) is 9.96 Å². The molecule has 5 nitrogen and oxygen atoms in total. The zero-order valence-corrected chi connectivity index (χ0v) is 10.8. The molecule has 0 unspecified atom stereocenters. The maximum absolute atomic E-state index is 11.8. The first-order valence-corrected chi connectivity index (χ1v) is 5.62. The normalized spacial score (nSPS) is 23.3. The summed E-state index contributed by atoms with van der Waals surface area (Å²) in [5.41, 5.74) is -0.432. The van der Waals surface area contributed by atoms with E-state index in [4.69, 9.17) is 9.57 Å². The number of hydrogen-bond acceptors (Lipinski definition) is 4. The van der Waals surface area contributed by atoms with Gasteiger partial charge >= 0.3 is 6.09 Å². The zero-order chi connectivity index (χ0) is 12.3. The third kappa shape index (κ3) is 3.64.